The lowest BCUT2D eigenvalue weighted by Crippen LogP contribution is -2.48. The molecule has 2 unspecified atom stereocenters. The molecule has 3 heteroatoms. The highest BCUT2D eigenvalue weighted by Crippen LogP contribution is 2.59. The zero-order chi connectivity index (χ0) is 12.8. The first-order valence-electron chi connectivity index (χ1n) is 7.01. The van der Waals surface area contributed by atoms with E-state index in [1.54, 1.807) is 5.57 Å². The Bertz CT molecular complexity index is 373. The van der Waals surface area contributed by atoms with Crippen molar-refractivity contribution in [1.29, 1.82) is 0 Å². The minimum Gasteiger partial charge on any atom is -0.345 e. The van der Waals surface area contributed by atoms with Crippen molar-refractivity contribution in [3.05, 3.63) is 11.6 Å². The fourth-order valence-corrected chi connectivity index (χ4v) is 3.67. The van der Waals surface area contributed by atoms with Crippen LogP contribution < -0.4 is 0 Å². The maximum absolute atomic E-state index is 11.0. The van der Waals surface area contributed by atoms with Gasteiger partial charge >= 0.3 is 0 Å². The fraction of sp³-hybridized carbons (Fsp3) is 0.800. The summed E-state index contributed by atoms with van der Waals surface area (Å²) in [5, 5.41) is 0. The van der Waals surface area contributed by atoms with E-state index in [4.69, 9.17) is 9.47 Å². The van der Waals surface area contributed by atoms with Crippen molar-refractivity contribution in [2.24, 2.45) is 17.3 Å². The topological polar surface area (TPSA) is 35.5 Å². The average molecular weight is 250 g/mol. The van der Waals surface area contributed by atoms with Crippen molar-refractivity contribution in [3.63, 3.8) is 0 Å². The SMILES string of the molecule is CC1(C)C2CC=C(CCC3OCC(=O)CO3)C1C2. The van der Waals surface area contributed by atoms with Gasteiger partial charge in [0, 0.05) is 6.42 Å². The second-order valence-corrected chi connectivity index (χ2v) is 6.45. The minimum absolute atomic E-state index is 0.0473. The number of carbonyl (C=O) groups is 1. The molecule has 4 rings (SSSR count). The van der Waals surface area contributed by atoms with Gasteiger partial charge in [-0.1, -0.05) is 25.5 Å². The predicted octanol–water partition coefficient (Wildman–Crippen LogP) is 2.70. The summed E-state index contributed by atoms with van der Waals surface area (Å²) in [4.78, 5) is 11.0. The van der Waals surface area contributed by atoms with E-state index in [2.05, 4.69) is 19.9 Å². The van der Waals surface area contributed by atoms with Gasteiger partial charge < -0.3 is 9.47 Å². The molecule has 2 bridgehead atoms. The van der Waals surface area contributed by atoms with Gasteiger partial charge in [-0.25, -0.2) is 0 Å². The summed E-state index contributed by atoms with van der Waals surface area (Å²) >= 11 is 0. The van der Waals surface area contributed by atoms with Crippen LogP contribution >= 0.6 is 0 Å². The van der Waals surface area contributed by atoms with E-state index in [1.807, 2.05) is 0 Å². The Kier molecular flexibility index (Phi) is 3.07. The molecule has 1 saturated heterocycles. The van der Waals surface area contributed by atoms with Crippen LogP contribution in [0.3, 0.4) is 0 Å². The number of fused-ring (bicyclic) bond motifs is 1. The summed E-state index contributed by atoms with van der Waals surface area (Å²) in [7, 11) is 0. The molecule has 1 heterocycles. The standard InChI is InChI=1S/C15H22O3/c1-15(2)11-5-3-10(13(15)7-11)4-6-14-17-8-12(16)9-18-14/h3,11,13-14H,4-9H2,1-2H3. The first kappa shape index (κ1) is 12.4. The third kappa shape index (κ3) is 2.04. The Morgan fingerprint density at radius 3 is 2.67 bits per heavy atom. The highest BCUT2D eigenvalue weighted by atomic mass is 16.7. The summed E-state index contributed by atoms with van der Waals surface area (Å²) in [6.07, 6.45) is 6.80. The van der Waals surface area contributed by atoms with Gasteiger partial charge in [0.25, 0.3) is 0 Å². The summed E-state index contributed by atoms with van der Waals surface area (Å²) in [5.74, 6) is 1.71. The maximum Gasteiger partial charge on any atom is 0.184 e. The zero-order valence-electron chi connectivity index (χ0n) is 11.3. The number of carbonyl (C=O) groups excluding carboxylic acids is 1. The van der Waals surface area contributed by atoms with Gasteiger partial charge in [0.05, 0.1) is 0 Å². The highest BCUT2D eigenvalue weighted by molar-refractivity contribution is 5.81. The summed E-state index contributed by atoms with van der Waals surface area (Å²) in [5.41, 5.74) is 2.08. The van der Waals surface area contributed by atoms with E-state index >= 15 is 0 Å². The Labute approximate surface area is 109 Å². The van der Waals surface area contributed by atoms with Crippen LogP contribution in [-0.2, 0) is 14.3 Å². The summed E-state index contributed by atoms with van der Waals surface area (Å²) < 4.78 is 10.8. The van der Waals surface area contributed by atoms with Crippen molar-refractivity contribution in [1.82, 2.24) is 0 Å². The molecule has 18 heavy (non-hydrogen) atoms. The largest absolute Gasteiger partial charge is 0.345 e. The lowest BCUT2D eigenvalue weighted by molar-refractivity contribution is -0.187. The lowest BCUT2D eigenvalue weighted by atomic mass is 9.48. The minimum atomic E-state index is -0.176. The monoisotopic (exact) mass is 250 g/mol. The molecular formula is C15H22O3. The average Bonchev–Trinajstić information content (AvgIpc) is 2.38. The number of allylic oxidation sites excluding steroid dienone is 2. The first-order chi connectivity index (χ1) is 8.57. The lowest BCUT2D eigenvalue weighted by Gasteiger charge is -2.56. The van der Waals surface area contributed by atoms with Crippen LogP contribution in [-0.4, -0.2) is 25.3 Å². The molecule has 0 aromatic heterocycles. The van der Waals surface area contributed by atoms with Crippen molar-refractivity contribution < 1.29 is 14.3 Å². The molecule has 3 nitrogen and oxygen atoms in total. The number of hydrogen-bond acceptors (Lipinski definition) is 3. The van der Waals surface area contributed by atoms with Crippen molar-refractivity contribution in [2.75, 3.05) is 13.2 Å². The van der Waals surface area contributed by atoms with Crippen LogP contribution in [0.4, 0.5) is 0 Å². The van der Waals surface area contributed by atoms with E-state index in [0.29, 0.717) is 5.41 Å². The molecule has 1 saturated carbocycles. The molecule has 4 aliphatic rings. The third-order valence-corrected chi connectivity index (χ3v) is 5.11. The Morgan fingerprint density at radius 2 is 2.06 bits per heavy atom. The van der Waals surface area contributed by atoms with Gasteiger partial charge in [0.15, 0.2) is 12.1 Å². The Balaban J connectivity index is 1.52. The first-order valence-corrected chi connectivity index (χ1v) is 7.01. The Morgan fingerprint density at radius 1 is 1.33 bits per heavy atom. The van der Waals surface area contributed by atoms with E-state index in [1.165, 1.54) is 12.8 Å². The van der Waals surface area contributed by atoms with E-state index in [9.17, 15) is 4.79 Å². The third-order valence-electron chi connectivity index (χ3n) is 5.11. The van der Waals surface area contributed by atoms with Crippen molar-refractivity contribution >= 4 is 5.78 Å². The normalized spacial score (nSPS) is 35.0. The van der Waals surface area contributed by atoms with Gasteiger partial charge in [-0.2, -0.15) is 0 Å². The van der Waals surface area contributed by atoms with Crippen molar-refractivity contribution in [3.8, 4) is 0 Å². The highest BCUT2D eigenvalue weighted by Gasteiger charge is 2.50. The van der Waals surface area contributed by atoms with E-state index < -0.39 is 0 Å². The molecule has 0 radical (unpaired) electrons. The van der Waals surface area contributed by atoms with E-state index in [0.717, 1.165) is 24.7 Å². The van der Waals surface area contributed by atoms with Crippen LogP contribution in [0.15, 0.2) is 11.6 Å². The molecule has 2 atom stereocenters. The van der Waals surface area contributed by atoms with Gasteiger partial charge in [0.2, 0.25) is 0 Å². The molecular weight excluding hydrogens is 228 g/mol. The maximum atomic E-state index is 11.0. The summed E-state index contributed by atoms with van der Waals surface area (Å²) in [6, 6.07) is 0. The molecule has 2 fully saturated rings. The molecule has 3 aliphatic carbocycles. The molecule has 0 spiro atoms. The number of ether oxygens (including phenoxy) is 2. The van der Waals surface area contributed by atoms with Crippen LogP contribution in [0, 0.1) is 17.3 Å². The van der Waals surface area contributed by atoms with Gasteiger partial charge in [-0.15, -0.1) is 0 Å². The second-order valence-electron chi connectivity index (χ2n) is 6.45. The molecule has 0 aromatic rings. The molecule has 0 amide bonds. The number of rotatable bonds is 3. The number of ketones is 1. The van der Waals surface area contributed by atoms with Crippen LogP contribution in [0.5, 0.6) is 0 Å². The van der Waals surface area contributed by atoms with Gasteiger partial charge in [-0.3, -0.25) is 4.79 Å². The predicted molar refractivity (Wildman–Crippen MR) is 68.0 cm³/mol. The fourth-order valence-electron chi connectivity index (χ4n) is 3.67. The number of hydrogen-bond donors (Lipinski definition) is 0. The van der Waals surface area contributed by atoms with Gasteiger partial charge in [0.1, 0.15) is 13.2 Å². The molecule has 0 aromatic carbocycles. The van der Waals surface area contributed by atoms with E-state index in [-0.39, 0.29) is 25.3 Å². The molecule has 1 aliphatic heterocycles. The van der Waals surface area contributed by atoms with Crippen LogP contribution in [0.2, 0.25) is 0 Å². The summed E-state index contributed by atoms with van der Waals surface area (Å²) in [6.45, 7) is 5.23. The van der Waals surface area contributed by atoms with Gasteiger partial charge in [-0.05, 0) is 36.5 Å². The quantitative estimate of drug-likeness (QED) is 0.722. The zero-order valence-corrected chi connectivity index (χ0v) is 11.3. The molecule has 100 valence electrons. The smallest absolute Gasteiger partial charge is 0.184 e. The Hall–Kier alpha value is -0.670. The van der Waals surface area contributed by atoms with Crippen molar-refractivity contribution in [2.45, 2.75) is 45.8 Å². The second kappa shape index (κ2) is 4.46. The molecule has 0 N–H and O–H groups in total. The number of Topliss-reactive ketones (excluding diaryl/α,β-unsaturated/α-hetero) is 1. The van der Waals surface area contributed by atoms with Crippen LogP contribution in [0.1, 0.15) is 39.5 Å². The van der Waals surface area contributed by atoms with Crippen LogP contribution in [0.25, 0.3) is 0 Å².